The fourth-order valence-electron chi connectivity index (χ4n) is 2.83. The largest absolute Gasteiger partial charge is 0.427 e. The maximum atomic E-state index is 10.4. The summed E-state index contributed by atoms with van der Waals surface area (Å²) in [5.41, 5.74) is 2.63. The normalized spacial score (nSPS) is 12.0. The highest BCUT2D eigenvalue weighted by Gasteiger charge is 2.35. The van der Waals surface area contributed by atoms with Crippen molar-refractivity contribution in [2.45, 2.75) is 90.3 Å². The van der Waals surface area contributed by atoms with E-state index in [-0.39, 0.29) is 0 Å². The highest BCUT2D eigenvalue weighted by molar-refractivity contribution is 6.48. The highest BCUT2D eigenvalue weighted by atomic mass is 16.5. The Morgan fingerprint density at radius 1 is 0.964 bits per heavy atom. The van der Waals surface area contributed by atoms with Crippen LogP contribution >= 0.6 is 0 Å². The Kier molecular flexibility index (Phi) is 10.3. The van der Waals surface area contributed by atoms with Crippen LogP contribution in [0.25, 0.3) is 0 Å². The molecule has 0 unspecified atom stereocenters. The number of aliphatic hydroxyl groups is 1. The van der Waals surface area contributed by atoms with Gasteiger partial charge in [0.25, 0.3) is 0 Å². The quantitative estimate of drug-likeness (QED) is 0.300. The van der Waals surface area contributed by atoms with Gasteiger partial charge in [-0.2, -0.15) is 0 Å². The lowest BCUT2D eigenvalue weighted by molar-refractivity contribution is -0.0893. The van der Waals surface area contributed by atoms with Gasteiger partial charge >= 0.3 is 7.48 Å². The summed E-state index contributed by atoms with van der Waals surface area (Å²) in [4.78, 5) is 0. The molecule has 0 aliphatic rings. The summed E-state index contributed by atoms with van der Waals surface area (Å²) in [7, 11) is 8.15. The van der Waals surface area contributed by atoms with Gasteiger partial charge in [0.05, 0.1) is 11.2 Å². The highest BCUT2D eigenvalue weighted by Crippen LogP contribution is 2.24. The molecule has 3 radical (unpaired) electrons. The van der Waals surface area contributed by atoms with Gasteiger partial charge < -0.3 is 9.76 Å². The third-order valence-corrected chi connectivity index (χ3v) is 5.56. The minimum atomic E-state index is -0.949. The zero-order valence-electron chi connectivity index (χ0n) is 18.4. The van der Waals surface area contributed by atoms with E-state index in [0.29, 0.717) is 0 Å². The lowest BCUT2D eigenvalue weighted by Gasteiger charge is -2.37. The van der Waals surface area contributed by atoms with E-state index in [1.807, 2.05) is 26.0 Å². The molecule has 0 atom stereocenters. The van der Waals surface area contributed by atoms with Crippen LogP contribution in [0.3, 0.4) is 0 Å². The molecule has 1 aromatic rings. The van der Waals surface area contributed by atoms with Crippen molar-refractivity contribution in [3.8, 4) is 0 Å². The summed E-state index contributed by atoms with van der Waals surface area (Å²) in [5.74, 6) is 0. The lowest BCUT2D eigenvalue weighted by atomic mass is 9.74. The van der Waals surface area contributed by atoms with E-state index >= 15 is 0 Å². The maximum absolute atomic E-state index is 10.4. The Morgan fingerprint density at radius 2 is 1.50 bits per heavy atom. The van der Waals surface area contributed by atoms with Crippen molar-refractivity contribution in [2.75, 3.05) is 0 Å². The van der Waals surface area contributed by atoms with Gasteiger partial charge in [-0.1, -0.05) is 46.3 Å². The number of rotatable bonds is 14. The third-order valence-electron chi connectivity index (χ3n) is 5.56. The van der Waals surface area contributed by atoms with Crippen molar-refractivity contribution in [3.63, 3.8) is 0 Å². The molecule has 0 heterocycles. The van der Waals surface area contributed by atoms with Gasteiger partial charge in [0, 0.05) is 0 Å². The van der Waals surface area contributed by atoms with Crippen LogP contribution < -0.4 is 10.9 Å². The Bertz CT molecular complexity index is 630. The molecule has 28 heavy (non-hydrogen) atoms. The second kappa shape index (κ2) is 11.7. The Labute approximate surface area is 175 Å². The monoisotopic (exact) mass is 379 g/mol. The summed E-state index contributed by atoms with van der Waals surface area (Å²) in [6.07, 6.45) is 12.3. The smallest absolute Gasteiger partial charge is 0.331 e. The molecule has 0 aromatic heterocycles. The van der Waals surface area contributed by atoms with E-state index < -0.39 is 11.2 Å². The molecule has 0 amide bonds. The van der Waals surface area contributed by atoms with Crippen LogP contribution in [0.2, 0.25) is 0 Å². The second-order valence-corrected chi connectivity index (χ2v) is 8.62. The van der Waals surface area contributed by atoms with Crippen LogP contribution in [0.5, 0.6) is 0 Å². The van der Waals surface area contributed by atoms with E-state index in [4.69, 9.17) is 12.5 Å². The van der Waals surface area contributed by atoms with E-state index in [1.54, 1.807) is 21.3 Å². The van der Waals surface area contributed by atoms with Gasteiger partial charge in [0.2, 0.25) is 0 Å². The molecule has 0 saturated carbocycles. The van der Waals surface area contributed by atoms with Gasteiger partial charge in [-0.05, 0) is 79.1 Å². The van der Waals surface area contributed by atoms with E-state index in [0.717, 1.165) is 67.9 Å². The minimum Gasteiger partial charge on any atom is -0.427 e. The molecular weight excluding hydrogens is 342 g/mol. The SMILES string of the molecule is [B]c1cc(CCCCC=C)c([B]OC(C)(C)C(C)(C)O)cc1CCCCC=C. The van der Waals surface area contributed by atoms with Crippen molar-refractivity contribution < 1.29 is 9.76 Å². The van der Waals surface area contributed by atoms with Crippen LogP contribution in [0.1, 0.15) is 77.3 Å². The number of aryl methyl sites for hydroxylation is 2. The molecule has 2 nitrogen and oxygen atoms in total. The molecule has 1 rings (SSSR count). The van der Waals surface area contributed by atoms with Crippen molar-refractivity contribution in [1.29, 1.82) is 0 Å². The maximum Gasteiger partial charge on any atom is 0.331 e. The third kappa shape index (κ3) is 8.01. The van der Waals surface area contributed by atoms with E-state index in [9.17, 15) is 5.11 Å². The molecule has 151 valence electrons. The zero-order valence-corrected chi connectivity index (χ0v) is 18.4. The fraction of sp³-hybridized carbons (Fsp3) is 0.583. The number of allylic oxidation sites excluding steroid dienone is 2. The van der Waals surface area contributed by atoms with Crippen LogP contribution in [0.4, 0.5) is 0 Å². The first-order valence-corrected chi connectivity index (χ1v) is 10.5. The van der Waals surface area contributed by atoms with E-state index in [2.05, 4.69) is 25.3 Å². The average Bonchev–Trinajstić information content (AvgIpc) is 2.61. The molecule has 0 bridgehead atoms. The second-order valence-electron chi connectivity index (χ2n) is 8.62. The molecule has 0 aliphatic heterocycles. The van der Waals surface area contributed by atoms with Crippen molar-refractivity contribution in [1.82, 2.24) is 0 Å². The molecule has 1 N–H and O–H groups in total. The van der Waals surface area contributed by atoms with Crippen LogP contribution in [-0.4, -0.2) is 31.6 Å². The predicted molar refractivity (Wildman–Crippen MR) is 124 cm³/mol. The summed E-state index contributed by atoms with van der Waals surface area (Å²) >= 11 is 0. The van der Waals surface area contributed by atoms with Crippen molar-refractivity contribution in [2.24, 2.45) is 0 Å². The first-order chi connectivity index (χ1) is 13.1. The fourth-order valence-corrected chi connectivity index (χ4v) is 2.83. The Balaban J connectivity index is 2.97. The lowest BCUT2D eigenvalue weighted by Crippen LogP contribution is -2.49. The molecule has 0 aliphatic carbocycles. The standard InChI is InChI=1S/C24H37B2O2/c1-7-9-11-13-15-19-18-22(26-28-24(5,6)23(3,4)27)20(17-21(19)25)16-14-12-10-8-2/h7-8,17-18,27H,1-2,9-16H2,3-6H3. The number of hydrogen-bond acceptors (Lipinski definition) is 2. The van der Waals surface area contributed by atoms with Gasteiger partial charge in [-0.25, -0.2) is 0 Å². The molecule has 0 fully saturated rings. The van der Waals surface area contributed by atoms with Crippen molar-refractivity contribution in [3.05, 3.63) is 48.6 Å². The summed E-state index contributed by atoms with van der Waals surface area (Å²) < 4.78 is 6.04. The Morgan fingerprint density at radius 3 is 2.00 bits per heavy atom. The van der Waals surface area contributed by atoms with Gasteiger partial charge in [-0.3, -0.25) is 0 Å². The van der Waals surface area contributed by atoms with Crippen molar-refractivity contribution >= 4 is 26.3 Å². The summed E-state index contributed by atoms with van der Waals surface area (Å²) in [6.45, 7) is 14.9. The molecule has 4 heteroatoms. The average molecular weight is 379 g/mol. The number of unbranched alkanes of at least 4 members (excludes halogenated alkanes) is 4. The molecule has 1 aromatic carbocycles. The topological polar surface area (TPSA) is 29.5 Å². The van der Waals surface area contributed by atoms with Crippen LogP contribution in [0, 0.1) is 0 Å². The predicted octanol–water partition coefficient (Wildman–Crippen LogP) is 4.09. The van der Waals surface area contributed by atoms with Crippen LogP contribution in [0.15, 0.2) is 37.4 Å². The first-order valence-electron chi connectivity index (χ1n) is 10.5. The Hall–Kier alpha value is -1.25. The first kappa shape index (κ1) is 24.8. The molecule has 0 spiro atoms. The number of benzene rings is 1. The molecular formula is C24H37B2O2. The molecule has 0 saturated heterocycles. The van der Waals surface area contributed by atoms with Crippen LogP contribution in [-0.2, 0) is 17.5 Å². The van der Waals surface area contributed by atoms with E-state index in [1.165, 1.54) is 5.56 Å². The summed E-state index contributed by atoms with van der Waals surface area (Å²) in [5, 5.41) is 10.4. The van der Waals surface area contributed by atoms with Gasteiger partial charge in [-0.15, -0.1) is 13.2 Å². The van der Waals surface area contributed by atoms with Gasteiger partial charge in [0.1, 0.15) is 7.85 Å². The minimum absolute atomic E-state index is 0.696. The number of hydrogen-bond donors (Lipinski definition) is 1. The van der Waals surface area contributed by atoms with Gasteiger partial charge in [0.15, 0.2) is 0 Å². The zero-order chi connectivity index (χ0) is 21.2. The summed E-state index contributed by atoms with van der Waals surface area (Å²) in [6, 6.07) is 4.26.